The minimum atomic E-state index is -0.0659. The molecule has 7 nitrogen and oxygen atoms in total. The van der Waals surface area contributed by atoms with Gasteiger partial charge in [-0.3, -0.25) is 9.88 Å². The van der Waals surface area contributed by atoms with Gasteiger partial charge in [-0.1, -0.05) is 6.07 Å². The zero-order valence-electron chi connectivity index (χ0n) is 16.5. The molecule has 150 valence electrons. The lowest BCUT2D eigenvalue weighted by molar-refractivity contribution is -0.0102. The Morgan fingerprint density at radius 2 is 2.00 bits per heavy atom. The second-order valence-electron chi connectivity index (χ2n) is 7.89. The third kappa shape index (κ3) is 5.89. The number of aromatic nitrogens is 1. The monoisotopic (exact) mass is 376 g/mol. The molecule has 3 rings (SSSR count). The fourth-order valence-corrected chi connectivity index (χ4v) is 3.60. The van der Waals surface area contributed by atoms with Crippen LogP contribution in [0.1, 0.15) is 32.4 Å². The molecule has 2 aliphatic heterocycles. The highest BCUT2D eigenvalue weighted by molar-refractivity contribution is 5.74. The number of piperidine rings is 1. The Kier molecular flexibility index (Phi) is 7.04. The summed E-state index contributed by atoms with van der Waals surface area (Å²) >= 11 is 0. The van der Waals surface area contributed by atoms with Gasteiger partial charge in [0.15, 0.2) is 0 Å². The first-order valence-corrected chi connectivity index (χ1v) is 9.92. The van der Waals surface area contributed by atoms with Crippen LogP contribution in [-0.4, -0.2) is 78.4 Å². The van der Waals surface area contributed by atoms with Crippen LogP contribution in [0.3, 0.4) is 0 Å². The van der Waals surface area contributed by atoms with Gasteiger partial charge in [0.25, 0.3) is 0 Å². The number of pyridine rings is 1. The Morgan fingerprint density at radius 3 is 2.67 bits per heavy atom. The second-order valence-corrected chi connectivity index (χ2v) is 7.89. The van der Waals surface area contributed by atoms with E-state index in [1.165, 1.54) is 0 Å². The van der Waals surface area contributed by atoms with Gasteiger partial charge in [-0.05, 0) is 38.8 Å². The number of urea groups is 1. The number of nitrogens with one attached hydrogen (secondary N) is 1. The van der Waals surface area contributed by atoms with Crippen molar-refractivity contribution in [2.75, 3.05) is 45.9 Å². The molecule has 2 aliphatic rings. The van der Waals surface area contributed by atoms with Crippen LogP contribution in [0, 0.1) is 0 Å². The maximum Gasteiger partial charge on any atom is 0.317 e. The summed E-state index contributed by atoms with van der Waals surface area (Å²) in [6.07, 6.45) is 3.71. The van der Waals surface area contributed by atoms with Crippen molar-refractivity contribution in [3.8, 4) is 0 Å². The van der Waals surface area contributed by atoms with Gasteiger partial charge in [0.1, 0.15) is 0 Å². The van der Waals surface area contributed by atoms with Gasteiger partial charge in [0.2, 0.25) is 0 Å². The van der Waals surface area contributed by atoms with Crippen molar-refractivity contribution in [1.82, 2.24) is 20.1 Å². The van der Waals surface area contributed by atoms with E-state index in [9.17, 15) is 4.79 Å². The molecule has 0 atom stereocenters. The molecule has 1 aromatic rings. The van der Waals surface area contributed by atoms with Crippen molar-refractivity contribution in [2.45, 2.75) is 44.9 Å². The number of amides is 2. The molecular formula is C20H32N4O3. The van der Waals surface area contributed by atoms with E-state index in [1.807, 2.05) is 23.1 Å². The standard InChI is InChI=1S/C20H32N4O3/c1-20(2,24-11-13-26-14-12-24)16-22-19(25)23-9-6-18(7-10-23)27-15-17-5-3-4-8-21-17/h3-5,8,18H,6-7,9-16H2,1-2H3,(H,22,25). The highest BCUT2D eigenvalue weighted by Gasteiger charge is 2.30. The van der Waals surface area contributed by atoms with Crippen LogP contribution in [0.25, 0.3) is 0 Å². The molecule has 1 N–H and O–H groups in total. The topological polar surface area (TPSA) is 66.9 Å². The van der Waals surface area contributed by atoms with E-state index in [0.29, 0.717) is 13.2 Å². The number of hydrogen-bond acceptors (Lipinski definition) is 5. The zero-order chi connectivity index (χ0) is 19.1. The number of carbonyl (C=O) groups is 1. The first-order chi connectivity index (χ1) is 13.0. The largest absolute Gasteiger partial charge is 0.379 e. The first-order valence-electron chi connectivity index (χ1n) is 9.92. The molecule has 0 radical (unpaired) electrons. The molecule has 0 unspecified atom stereocenters. The molecule has 0 bridgehead atoms. The van der Waals surface area contributed by atoms with Crippen LogP contribution in [0.5, 0.6) is 0 Å². The lowest BCUT2D eigenvalue weighted by Gasteiger charge is -2.41. The molecule has 0 aliphatic carbocycles. The predicted octanol–water partition coefficient (Wildman–Crippen LogP) is 1.88. The highest BCUT2D eigenvalue weighted by Crippen LogP contribution is 2.17. The Balaban J connectivity index is 1.36. The Hall–Kier alpha value is -1.70. The quantitative estimate of drug-likeness (QED) is 0.821. The second kappa shape index (κ2) is 9.48. The number of carbonyl (C=O) groups excluding carboxylic acids is 1. The minimum Gasteiger partial charge on any atom is -0.379 e. The Morgan fingerprint density at radius 1 is 1.26 bits per heavy atom. The van der Waals surface area contributed by atoms with E-state index in [-0.39, 0.29) is 17.7 Å². The van der Waals surface area contributed by atoms with Crippen molar-refractivity contribution >= 4 is 6.03 Å². The predicted molar refractivity (Wildman–Crippen MR) is 103 cm³/mol. The number of likely N-dealkylation sites (tertiary alicyclic amines) is 1. The lowest BCUT2D eigenvalue weighted by Crippen LogP contribution is -2.57. The lowest BCUT2D eigenvalue weighted by atomic mass is 10.0. The summed E-state index contributed by atoms with van der Waals surface area (Å²) < 4.78 is 11.4. The van der Waals surface area contributed by atoms with E-state index in [2.05, 4.69) is 29.0 Å². The van der Waals surface area contributed by atoms with Crippen LogP contribution in [0.15, 0.2) is 24.4 Å². The third-order valence-corrected chi connectivity index (χ3v) is 5.46. The van der Waals surface area contributed by atoms with Gasteiger partial charge in [0, 0.05) is 44.5 Å². The van der Waals surface area contributed by atoms with Gasteiger partial charge in [0.05, 0.1) is 31.6 Å². The van der Waals surface area contributed by atoms with Crippen molar-refractivity contribution in [2.24, 2.45) is 0 Å². The normalized spacial score (nSPS) is 19.9. The van der Waals surface area contributed by atoms with Crippen LogP contribution in [0.4, 0.5) is 4.79 Å². The summed E-state index contributed by atoms with van der Waals surface area (Å²) in [4.78, 5) is 21.1. The number of hydrogen-bond donors (Lipinski definition) is 1. The Bertz CT molecular complexity index is 582. The fraction of sp³-hybridized carbons (Fsp3) is 0.700. The summed E-state index contributed by atoms with van der Waals surface area (Å²) in [6, 6.07) is 5.87. The molecule has 0 saturated carbocycles. The molecule has 27 heavy (non-hydrogen) atoms. The Labute approximate surface area is 162 Å². The van der Waals surface area contributed by atoms with Gasteiger partial charge in [-0.15, -0.1) is 0 Å². The average Bonchev–Trinajstić information content (AvgIpc) is 2.72. The number of rotatable bonds is 6. The van der Waals surface area contributed by atoms with Crippen LogP contribution < -0.4 is 5.32 Å². The van der Waals surface area contributed by atoms with Crippen LogP contribution >= 0.6 is 0 Å². The number of nitrogens with zero attached hydrogens (tertiary/aromatic N) is 3. The van der Waals surface area contributed by atoms with E-state index in [4.69, 9.17) is 9.47 Å². The van der Waals surface area contributed by atoms with Gasteiger partial charge in [-0.2, -0.15) is 0 Å². The van der Waals surface area contributed by atoms with Crippen molar-refractivity contribution in [1.29, 1.82) is 0 Å². The highest BCUT2D eigenvalue weighted by atomic mass is 16.5. The van der Waals surface area contributed by atoms with Crippen molar-refractivity contribution < 1.29 is 14.3 Å². The molecule has 3 heterocycles. The average molecular weight is 377 g/mol. The third-order valence-electron chi connectivity index (χ3n) is 5.46. The molecule has 2 saturated heterocycles. The van der Waals surface area contributed by atoms with Crippen molar-refractivity contribution in [3.63, 3.8) is 0 Å². The van der Waals surface area contributed by atoms with E-state index in [0.717, 1.165) is 57.9 Å². The summed E-state index contributed by atoms with van der Waals surface area (Å²) in [7, 11) is 0. The maximum atomic E-state index is 12.5. The molecule has 0 spiro atoms. The molecule has 2 amide bonds. The van der Waals surface area contributed by atoms with Gasteiger partial charge >= 0.3 is 6.03 Å². The van der Waals surface area contributed by atoms with Crippen LogP contribution in [-0.2, 0) is 16.1 Å². The first kappa shape index (κ1) is 20.0. The number of morpholine rings is 1. The van der Waals surface area contributed by atoms with Gasteiger partial charge < -0.3 is 19.7 Å². The maximum absolute atomic E-state index is 12.5. The SMILES string of the molecule is CC(C)(CNC(=O)N1CCC(OCc2ccccn2)CC1)N1CCOCC1. The summed E-state index contributed by atoms with van der Waals surface area (Å²) in [5, 5.41) is 3.12. The van der Waals surface area contributed by atoms with E-state index >= 15 is 0 Å². The molecule has 2 fully saturated rings. The summed E-state index contributed by atoms with van der Waals surface area (Å²) in [5.74, 6) is 0. The summed E-state index contributed by atoms with van der Waals surface area (Å²) in [6.45, 7) is 10.4. The fourth-order valence-electron chi connectivity index (χ4n) is 3.60. The summed E-state index contributed by atoms with van der Waals surface area (Å²) in [5.41, 5.74) is 0.881. The molecule has 0 aromatic carbocycles. The molecule has 7 heteroatoms. The van der Waals surface area contributed by atoms with Crippen molar-refractivity contribution in [3.05, 3.63) is 30.1 Å². The molecular weight excluding hydrogens is 344 g/mol. The molecule has 1 aromatic heterocycles. The number of ether oxygens (including phenoxy) is 2. The van der Waals surface area contributed by atoms with E-state index in [1.54, 1.807) is 6.20 Å². The van der Waals surface area contributed by atoms with E-state index < -0.39 is 0 Å². The van der Waals surface area contributed by atoms with Gasteiger partial charge in [-0.25, -0.2) is 4.79 Å². The minimum absolute atomic E-state index is 0.0273. The zero-order valence-corrected chi connectivity index (χ0v) is 16.5. The van der Waals surface area contributed by atoms with Crippen LogP contribution in [0.2, 0.25) is 0 Å². The smallest absolute Gasteiger partial charge is 0.317 e.